The molecule has 1 heterocycles. The highest BCUT2D eigenvalue weighted by molar-refractivity contribution is 6.00. The van der Waals surface area contributed by atoms with Crippen LogP contribution in [-0.4, -0.2) is 24.4 Å². The third-order valence-electron chi connectivity index (χ3n) is 4.41. The Kier molecular flexibility index (Phi) is 3.24. The van der Waals surface area contributed by atoms with E-state index in [2.05, 4.69) is 0 Å². The van der Waals surface area contributed by atoms with E-state index in [1.54, 1.807) is 6.07 Å². The highest BCUT2D eigenvalue weighted by Crippen LogP contribution is 2.51. The monoisotopic (exact) mass is 297 g/mol. The van der Waals surface area contributed by atoms with Crippen molar-refractivity contribution in [3.63, 3.8) is 0 Å². The normalized spacial score (nSPS) is 31.9. The molecule has 2 fully saturated rings. The molecule has 1 aromatic rings. The van der Waals surface area contributed by atoms with Gasteiger partial charge in [0.1, 0.15) is 5.82 Å². The van der Waals surface area contributed by atoms with Crippen LogP contribution in [0.15, 0.2) is 24.3 Å². The van der Waals surface area contributed by atoms with Gasteiger partial charge in [0.05, 0.1) is 5.41 Å². The second-order valence-electron chi connectivity index (χ2n) is 6.10. The molecule has 0 radical (unpaired) electrons. The van der Waals surface area contributed by atoms with Crippen LogP contribution in [0.2, 0.25) is 0 Å². The maximum Gasteiger partial charge on any atom is 0.247 e. The third kappa shape index (κ3) is 2.52. The maximum absolute atomic E-state index is 13.8. The molecule has 1 saturated carbocycles. The minimum absolute atomic E-state index is 0.160. The Hall–Kier alpha value is -1.56. The lowest BCUT2D eigenvalue weighted by atomic mass is 9.69. The summed E-state index contributed by atoms with van der Waals surface area (Å²) in [6.45, 7) is 0.297. The number of benzene rings is 1. The summed E-state index contributed by atoms with van der Waals surface area (Å²) in [4.78, 5) is 14.0. The SMILES string of the molecule is [NH-][C@H]1CC(F)(F)C[C@@]2(CCN(c3cccc(F)c3)C2=O)C1. The smallest absolute Gasteiger partial charge is 0.247 e. The van der Waals surface area contributed by atoms with E-state index < -0.39 is 41.9 Å². The van der Waals surface area contributed by atoms with Crippen molar-refractivity contribution in [1.82, 2.24) is 0 Å². The van der Waals surface area contributed by atoms with E-state index in [9.17, 15) is 18.0 Å². The molecule has 114 valence electrons. The first kappa shape index (κ1) is 14.4. The van der Waals surface area contributed by atoms with Crippen molar-refractivity contribution in [1.29, 1.82) is 0 Å². The molecule has 1 aromatic carbocycles. The topological polar surface area (TPSA) is 44.1 Å². The minimum Gasteiger partial charge on any atom is -0.674 e. The first-order valence-corrected chi connectivity index (χ1v) is 6.98. The number of rotatable bonds is 1. The van der Waals surface area contributed by atoms with Crippen molar-refractivity contribution >= 4 is 11.6 Å². The molecule has 1 amide bonds. The van der Waals surface area contributed by atoms with Gasteiger partial charge in [-0.1, -0.05) is 12.5 Å². The summed E-state index contributed by atoms with van der Waals surface area (Å²) in [5.74, 6) is -3.84. The Bertz CT molecular complexity index is 578. The van der Waals surface area contributed by atoms with Gasteiger partial charge >= 0.3 is 0 Å². The first-order valence-electron chi connectivity index (χ1n) is 6.98. The van der Waals surface area contributed by atoms with Crippen LogP contribution in [0.3, 0.4) is 0 Å². The molecule has 0 aromatic heterocycles. The summed E-state index contributed by atoms with van der Waals surface area (Å²) >= 11 is 0. The van der Waals surface area contributed by atoms with Gasteiger partial charge in [-0.15, -0.1) is 6.04 Å². The van der Waals surface area contributed by atoms with Gasteiger partial charge in [-0.2, -0.15) is 0 Å². The van der Waals surface area contributed by atoms with Gasteiger partial charge in [0, 0.05) is 18.7 Å². The molecular weight excluding hydrogens is 281 g/mol. The highest BCUT2D eigenvalue weighted by atomic mass is 19.3. The summed E-state index contributed by atoms with van der Waals surface area (Å²) in [7, 11) is 0. The predicted octanol–water partition coefficient (Wildman–Crippen LogP) is 3.79. The van der Waals surface area contributed by atoms with Crippen LogP contribution in [0.5, 0.6) is 0 Å². The first-order chi connectivity index (χ1) is 9.81. The van der Waals surface area contributed by atoms with E-state index in [-0.39, 0.29) is 6.42 Å². The quantitative estimate of drug-likeness (QED) is 0.777. The number of hydrogen-bond acceptors (Lipinski definition) is 1. The van der Waals surface area contributed by atoms with Gasteiger partial charge in [0.25, 0.3) is 0 Å². The van der Waals surface area contributed by atoms with Gasteiger partial charge in [0.15, 0.2) is 0 Å². The van der Waals surface area contributed by atoms with Gasteiger partial charge < -0.3 is 10.6 Å². The molecule has 1 saturated heterocycles. The summed E-state index contributed by atoms with van der Waals surface area (Å²) < 4.78 is 40.8. The van der Waals surface area contributed by atoms with E-state index in [4.69, 9.17) is 5.73 Å². The Morgan fingerprint density at radius 1 is 1.29 bits per heavy atom. The van der Waals surface area contributed by atoms with Crippen LogP contribution in [0.1, 0.15) is 25.7 Å². The van der Waals surface area contributed by atoms with E-state index in [0.29, 0.717) is 18.7 Å². The average molecular weight is 297 g/mol. The number of alkyl halides is 2. The Morgan fingerprint density at radius 3 is 2.71 bits per heavy atom. The fourth-order valence-corrected chi connectivity index (χ4v) is 3.61. The van der Waals surface area contributed by atoms with Crippen LogP contribution >= 0.6 is 0 Å². The van der Waals surface area contributed by atoms with Crippen molar-refractivity contribution < 1.29 is 18.0 Å². The lowest BCUT2D eigenvalue weighted by Crippen LogP contribution is -2.45. The summed E-state index contributed by atoms with van der Waals surface area (Å²) in [6, 6.07) is 4.67. The van der Waals surface area contributed by atoms with Crippen molar-refractivity contribution in [2.45, 2.75) is 37.6 Å². The minimum atomic E-state index is -2.97. The van der Waals surface area contributed by atoms with Crippen molar-refractivity contribution in [2.24, 2.45) is 5.41 Å². The number of amides is 1. The number of anilines is 1. The van der Waals surface area contributed by atoms with Crippen molar-refractivity contribution in [3.05, 3.63) is 35.8 Å². The fourth-order valence-electron chi connectivity index (χ4n) is 3.61. The fraction of sp³-hybridized carbons (Fsp3) is 0.533. The zero-order valence-corrected chi connectivity index (χ0v) is 11.4. The molecule has 3 nitrogen and oxygen atoms in total. The van der Waals surface area contributed by atoms with Crippen LogP contribution in [0, 0.1) is 11.2 Å². The molecule has 2 aliphatic rings. The van der Waals surface area contributed by atoms with Crippen LogP contribution < -0.4 is 4.90 Å². The predicted molar refractivity (Wildman–Crippen MR) is 72.7 cm³/mol. The van der Waals surface area contributed by atoms with Gasteiger partial charge in [-0.3, -0.25) is 4.79 Å². The molecule has 21 heavy (non-hydrogen) atoms. The third-order valence-corrected chi connectivity index (χ3v) is 4.41. The Labute approximate surface area is 120 Å². The molecule has 2 atom stereocenters. The molecule has 3 rings (SSSR count). The Balaban J connectivity index is 1.89. The lowest BCUT2D eigenvalue weighted by Gasteiger charge is -2.43. The highest BCUT2D eigenvalue weighted by Gasteiger charge is 2.55. The average Bonchev–Trinajstić information content (AvgIpc) is 2.64. The Morgan fingerprint density at radius 2 is 2.05 bits per heavy atom. The van der Waals surface area contributed by atoms with E-state index in [1.165, 1.54) is 23.1 Å². The van der Waals surface area contributed by atoms with E-state index in [1.807, 2.05) is 0 Å². The molecule has 1 aliphatic carbocycles. The number of hydrogen-bond donors (Lipinski definition) is 0. The van der Waals surface area contributed by atoms with Crippen molar-refractivity contribution in [3.8, 4) is 0 Å². The molecular formula is C15H16F3N2O-. The molecule has 6 heteroatoms. The van der Waals surface area contributed by atoms with Crippen molar-refractivity contribution in [2.75, 3.05) is 11.4 Å². The van der Waals surface area contributed by atoms with Gasteiger partial charge in [-0.05, 0) is 31.0 Å². The number of nitrogens with zero attached hydrogens (tertiary/aromatic N) is 1. The number of nitrogens with one attached hydrogen (secondary N) is 1. The number of halogens is 3. The number of carbonyl (C=O) groups is 1. The molecule has 1 spiro atoms. The van der Waals surface area contributed by atoms with E-state index >= 15 is 0 Å². The maximum atomic E-state index is 13.8. The van der Waals surface area contributed by atoms with Crippen LogP contribution in [0.4, 0.5) is 18.9 Å². The molecule has 1 N–H and O–H groups in total. The molecule has 0 unspecified atom stereocenters. The van der Waals surface area contributed by atoms with Gasteiger partial charge in [-0.25, -0.2) is 13.2 Å². The standard InChI is InChI=1S/C15H16F3N2O/c16-10-2-1-3-12(6-10)20-5-4-14(13(20)21)7-11(19)8-15(17,18)9-14/h1-3,6,11,19H,4-5,7-9H2/q-1/t11-,14-/m1/s1. The zero-order chi connectivity index (χ0) is 15.3. The van der Waals surface area contributed by atoms with Crippen LogP contribution in [-0.2, 0) is 4.79 Å². The van der Waals surface area contributed by atoms with Crippen LogP contribution in [0.25, 0.3) is 5.73 Å². The molecule has 0 bridgehead atoms. The second kappa shape index (κ2) is 4.73. The second-order valence-corrected chi connectivity index (χ2v) is 6.10. The summed E-state index contributed by atoms with van der Waals surface area (Å²) in [6.07, 6.45) is -0.525. The largest absolute Gasteiger partial charge is 0.674 e. The zero-order valence-electron chi connectivity index (χ0n) is 11.4. The number of carbonyl (C=O) groups excluding carboxylic acids is 1. The molecule has 1 aliphatic heterocycles. The van der Waals surface area contributed by atoms with E-state index in [0.717, 1.165) is 0 Å². The summed E-state index contributed by atoms with van der Waals surface area (Å²) in [5.41, 5.74) is 6.93. The van der Waals surface area contributed by atoms with Gasteiger partial charge in [0.2, 0.25) is 11.8 Å². The summed E-state index contributed by atoms with van der Waals surface area (Å²) in [5, 5.41) is 0. The lowest BCUT2D eigenvalue weighted by molar-refractivity contribution is -0.138.